The van der Waals surface area contributed by atoms with Gasteiger partial charge >= 0.3 is 0 Å². The van der Waals surface area contributed by atoms with E-state index >= 15 is 0 Å². The number of nitrogens with zero attached hydrogens (tertiary/aromatic N) is 1. The van der Waals surface area contributed by atoms with Gasteiger partial charge in [-0.05, 0) is 61.2 Å². The lowest BCUT2D eigenvalue weighted by Gasteiger charge is -2.23. The molecule has 5 heteroatoms. The molecule has 144 valence electrons. The van der Waals surface area contributed by atoms with E-state index in [1.807, 2.05) is 55.5 Å². The number of methoxy groups -OCH3 is 1. The Hall–Kier alpha value is -2.92. The van der Waals surface area contributed by atoms with E-state index < -0.39 is 0 Å². The Kier molecular flexibility index (Phi) is 5.01. The second-order valence-electron chi connectivity index (χ2n) is 7.38. The summed E-state index contributed by atoms with van der Waals surface area (Å²) in [6.07, 6.45) is 3.78. The zero-order chi connectivity index (χ0) is 19.6. The molecule has 28 heavy (non-hydrogen) atoms. The average molecular weight is 376 g/mol. The predicted molar refractivity (Wildman–Crippen MR) is 110 cm³/mol. The number of aromatic nitrogens is 1. The minimum atomic E-state index is -0.245. The maximum absolute atomic E-state index is 12.5. The van der Waals surface area contributed by atoms with E-state index in [-0.39, 0.29) is 11.5 Å². The van der Waals surface area contributed by atoms with Crippen LogP contribution in [0.4, 0.5) is 0 Å². The Morgan fingerprint density at radius 3 is 2.75 bits per heavy atom. The zero-order valence-corrected chi connectivity index (χ0v) is 16.2. The van der Waals surface area contributed by atoms with Crippen LogP contribution in [0, 0.1) is 0 Å². The number of rotatable bonds is 5. The number of pyridine rings is 1. The molecule has 4 rings (SSSR count). The maximum Gasteiger partial charge on any atom is 0.251 e. The number of carbonyl (C=O) groups excluding carboxylic acids is 1. The van der Waals surface area contributed by atoms with Gasteiger partial charge in [0, 0.05) is 30.3 Å². The molecular weight excluding hydrogens is 352 g/mol. The van der Waals surface area contributed by atoms with Crippen LogP contribution < -0.4 is 10.1 Å². The molecule has 5 nitrogen and oxygen atoms in total. The first-order valence-corrected chi connectivity index (χ1v) is 9.54. The van der Waals surface area contributed by atoms with Gasteiger partial charge in [-0.2, -0.15) is 0 Å². The quantitative estimate of drug-likeness (QED) is 0.725. The first-order valence-electron chi connectivity index (χ1n) is 9.54. The third kappa shape index (κ3) is 3.58. The maximum atomic E-state index is 12.5. The van der Waals surface area contributed by atoms with E-state index in [1.54, 1.807) is 13.3 Å². The highest BCUT2D eigenvalue weighted by atomic mass is 16.5. The summed E-state index contributed by atoms with van der Waals surface area (Å²) < 4.78 is 11.2. The number of amides is 1. The van der Waals surface area contributed by atoms with Crippen LogP contribution in [0.5, 0.6) is 5.75 Å². The van der Waals surface area contributed by atoms with Gasteiger partial charge in [-0.3, -0.25) is 9.78 Å². The molecule has 0 radical (unpaired) electrons. The fourth-order valence-electron chi connectivity index (χ4n) is 3.71. The third-order valence-corrected chi connectivity index (χ3v) is 5.33. The number of fused-ring (bicyclic) bond motifs is 1. The molecule has 1 unspecified atom stereocenters. The van der Waals surface area contributed by atoms with E-state index in [2.05, 4.69) is 10.3 Å². The Balaban J connectivity index is 1.55. The molecule has 1 amide bonds. The van der Waals surface area contributed by atoms with E-state index in [0.717, 1.165) is 47.2 Å². The summed E-state index contributed by atoms with van der Waals surface area (Å²) in [6, 6.07) is 15.5. The van der Waals surface area contributed by atoms with Crippen molar-refractivity contribution in [2.45, 2.75) is 25.4 Å². The number of ether oxygens (including phenoxy) is 2. The number of hydrogen-bond donors (Lipinski definition) is 1. The van der Waals surface area contributed by atoms with Crippen LogP contribution in [0.1, 0.15) is 30.1 Å². The van der Waals surface area contributed by atoms with Crippen molar-refractivity contribution in [3.63, 3.8) is 0 Å². The summed E-state index contributed by atoms with van der Waals surface area (Å²) in [5.74, 6) is 0.669. The Morgan fingerprint density at radius 1 is 1.21 bits per heavy atom. The van der Waals surface area contributed by atoms with Gasteiger partial charge in [0.2, 0.25) is 0 Å². The topological polar surface area (TPSA) is 60.5 Å². The highest BCUT2D eigenvalue weighted by molar-refractivity contribution is 5.99. The minimum absolute atomic E-state index is 0.0791. The highest BCUT2D eigenvalue weighted by Crippen LogP contribution is 2.33. The lowest BCUT2D eigenvalue weighted by atomic mass is 9.98. The van der Waals surface area contributed by atoms with Gasteiger partial charge in [0.25, 0.3) is 5.91 Å². The van der Waals surface area contributed by atoms with E-state index in [4.69, 9.17) is 9.47 Å². The van der Waals surface area contributed by atoms with Crippen molar-refractivity contribution in [1.82, 2.24) is 10.3 Å². The minimum Gasteiger partial charge on any atom is -0.494 e. The standard InChI is InChI=1S/C23H24N2O3/c1-23(12-4-14-28-23)15-25-22(26)17-8-6-16(7-9-17)18-10-11-20(27-2)21-19(18)5-3-13-24-21/h3,5-11,13H,4,12,14-15H2,1-2H3,(H,25,26). The SMILES string of the molecule is COc1ccc(-c2ccc(C(=O)NCC3(C)CCCO3)cc2)c2cccnc12. The largest absolute Gasteiger partial charge is 0.494 e. The number of hydrogen-bond acceptors (Lipinski definition) is 4. The Labute approximate surface area is 164 Å². The van der Waals surface area contributed by atoms with Crippen molar-refractivity contribution >= 4 is 16.8 Å². The molecule has 2 aromatic carbocycles. The molecule has 1 fully saturated rings. The molecular formula is C23H24N2O3. The van der Waals surface area contributed by atoms with Gasteiger partial charge in [0.1, 0.15) is 11.3 Å². The van der Waals surface area contributed by atoms with Crippen LogP contribution >= 0.6 is 0 Å². The normalized spacial score (nSPS) is 18.9. The van der Waals surface area contributed by atoms with Crippen LogP contribution in [0.25, 0.3) is 22.0 Å². The summed E-state index contributed by atoms with van der Waals surface area (Å²) in [5.41, 5.74) is 3.31. The molecule has 0 aliphatic carbocycles. The van der Waals surface area contributed by atoms with Crippen molar-refractivity contribution in [3.8, 4) is 16.9 Å². The van der Waals surface area contributed by atoms with E-state index in [9.17, 15) is 4.79 Å². The zero-order valence-electron chi connectivity index (χ0n) is 16.2. The molecule has 1 atom stereocenters. The smallest absolute Gasteiger partial charge is 0.251 e. The van der Waals surface area contributed by atoms with Crippen molar-refractivity contribution in [1.29, 1.82) is 0 Å². The van der Waals surface area contributed by atoms with E-state index in [0.29, 0.717) is 12.1 Å². The molecule has 1 aliphatic heterocycles. The van der Waals surface area contributed by atoms with Gasteiger partial charge in [-0.1, -0.05) is 18.2 Å². The monoisotopic (exact) mass is 376 g/mol. The number of carbonyl (C=O) groups is 1. The number of nitrogens with one attached hydrogen (secondary N) is 1. The fraction of sp³-hybridized carbons (Fsp3) is 0.304. The highest BCUT2D eigenvalue weighted by Gasteiger charge is 2.30. The second-order valence-corrected chi connectivity index (χ2v) is 7.38. The molecule has 0 spiro atoms. The van der Waals surface area contributed by atoms with Gasteiger partial charge in [-0.25, -0.2) is 0 Å². The summed E-state index contributed by atoms with van der Waals surface area (Å²) in [6.45, 7) is 3.35. The first kappa shape index (κ1) is 18.4. The molecule has 2 heterocycles. The molecule has 0 bridgehead atoms. The third-order valence-electron chi connectivity index (χ3n) is 5.33. The molecule has 1 saturated heterocycles. The van der Waals surface area contributed by atoms with Crippen LogP contribution in [-0.4, -0.2) is 36.8 Å². The van der Waals surface area contributed by atoms with Crippen molar-refractivity contribution in [2.75, 3.05) is 20.3 Å². The average Bonchev–Trinajstić information content (AvgIpc) is 3.18. The predicted octanol–water partition coefficient (Wildman–Crippen LogP) is 4.21. The molecule has 3 aromatic rings. The lowest BCUT2D eigenvalue weighted by Crippen LogP contribution is -2.40. The van der Waals surface area contributed by atoms with Gasteiger partial charge < -0.3 is 14.8 Å². The van der Waals surface area contributed by atoms with E-state index in [1.165, 1.54) is 0 Å². The Bertz CT molecular complexity index is 992. The second kappa shape index (κ2) is 7.60. The summed E-state index contributed by atoms with van der Waals surface area (Å²) in [5, 5.41) is 4.01. The van der Waals surface area contributed by atoms with Crippen LogP contribution in [0.15, 0.2) is 54.7 Å². The fourth-order valence-corrected chi connectivity index (χ4v) is 3.71. The van der Waals surface area contributed by atoms with Crippen molar-refractivity contribution < 1.29 is 14.3 Å². The Morgan fingerprint density at radius 2 is 2.04 bits per heavy atom. The van der Waals surface area contributed by atoms with Crippen molar-refractivity contribution in [3.05, 3.63) is 60.3 Å². The van der Waals surface area contributed by atoms with Crippen LogP contribution in [0.3, 0.4) is 0 Å². The molecule has 1 aliphatic rings. The lowest BCUT2D eigenvalue weighted by molar-refractivity contribution is 0.0206. The van der Waals surface area contributed by atoms with Crippen LogP contribution in [-0.2, 0) is 4.74 Å². The molecule has 1 N–H and O–H groups in total. The molecule has 0 saturated carbocycles. The van der Waals surface area contributed by atoms with Gasteiger partial charge in [0.15, 0.2) is 0 Å². The summed E-state index contributed by atoms with van der Waals surface area (Å²) in [4.78, 5) is 16.9. The van der Waals surface area contributed by atoms with Crippen molar-refractivity contribution in [2.24, 2.45) is 0 Å². The summed E-state index contributed by atoms with van der Waals surface area (Å²) in [7, 11) is 1.65. The van der Waals surface area contributed by atoms with Gasteiger partial charge in [0.05, 0.1) is 12.7 Å². The molecule has 1 aromatic heterocycles. The van der Waals surface area contributed by atoms with Crippen LogP contribution in [0.2, 0.25) is 0 Å². The number of benzene rings is 2. The summed E-state index contributed by atoms with van der Waals surface area (Å²) >= 11 is 0. The first-order chi connectivity index (χ1) is 13.6. The van der Waals surface area contributed by atoms with Gasteiger partial charge in [-0.15, -0.1) is 0 Å².